The molecule has 2 aliphatic rings. The first-order valence-electron chi connectivity index (χ1n) is 12.1. The molecular weight excluding hydrogens is 445 g/mol. The van der Waals surface area contributed by atoms with Crippen LogP contribution in [-0.2, 0) is 11.3 Å². The molecule has 0 spiro atoms. The van der Waals surface area contributed by atoms with Gasteiger partial charge in [-0.15, -0.1) is 0 Å². The summed E-state index contributed by atoms with van der Waals surface area (Å²) >= 11 is 0. The zero-order valence-corrected chi connectivity index (χ0v) is 20.1. The second-order valence-electron chi connectivity index (χ2n) is 9.50. The molecule has 7 nitrogen and oxygen atoms in total. The van der Waals surface area contributed by atoms with Crippen molar-refractivity contribution in [2.24, 2.45) is 5.92 Å². The Hall–Kier alpha value is -3.68. The largest absolute Gasteiger partial charge is 0.368 e. The zero-order chi connectivity index (χ0) is 24.5. The number of halogens is 1. The minimum absolute atomic E-state index is 0.271. The van der Waals surface area contributed by atoms with Crippen molar-refractivity contribution in [3.8, 4) is 0 Å². The Bertz CT molecular complexity index is 1260. The molecule has 0 atom stereocenters. The van der Waals surface area contributed by atoms with Gasteiger partial charge in [0, 0.05) is 49.2 Å². The third-order valence-corrected chi connectivity index (χ3v) is 6.77. The van der Waals surface area contributed by atoms with E-state index < -0.39 is 0 Å². The SMILES string of the molecule is Cc1ccc(NC(=O)c2cc(C)n(Cc3cccc(N4CCN(C(=O)C5CC5)CC4)c3)n2)cc1F. The van der Waals surface area contributed by atoms with E-state index in [4.69, 9.17) is 0 Å². The number of benzene rings is 2. The van der Waals surface area contributed by atoms with Crippen LogP contribution in [0.25, 0.3) is 0 Å². The van der Waals surface area contributed by atoms with Gasteiger partial charge in [0.2, 0.25) is 5.91 Å². The molecule has 2 aromatic carbocycles. The Morgan fingerprint density at radius 2 is 1.80 bits per heavy atom. The number of aromatic nitrogens is 2. The van der Waals surface area contributed by atoms with Gasteiger partial charge < -0.3 is 15.1 Å². The van der Waals surface area contributed by atoms with Crippen LogP contribution in [0.1, 0.15) is 40.2 Å². The van der Waals surface area contributed by atoms with Crippen molar-refractivity contribution in [3.63, 3.8) is 0 Å². The van der Waals surface area contributed by atoms with Gasteiger partial charge in [-0.25, -0.2) is 4.39 Å². The van der Waals surface area contributed by atoms with Gasteiger partial charge >= 0.3 is 0 Å². The van der Waals surface area contributed by atoms with Gasteiger partial charge in [-0.05, 0) is 68.1 Å². The van der Waals surface area contributed by atoms with Crippen molar-refractivity contribution in [2.75, 3.05) is 36.4 Å². The lowest BCUT2D eigenvalue weighted by molar-refractivity contribution is -0.132. The monoisotopic (exact) mass is 475 g/mol. The predicted octanol–water partition coefficient (Wildman–Crippen LogP) is 4.00. The summed E-state index contributed by atoms with van der Waals surface area (Å²) < 4.78 is 15.6. The van der Waals surface area contributed by atoms with E-state index in [2.05, 4.69) is 27.4 Å². The third kappa shape index (κ3) is 5.21. The summed E-state index contributed by atoms with van der Waals surface area (Å²) in [6.45, 7) is 7.31. The molecule has 5 rings (SSSR count). The van der Waals surface area contributed by atoms with Crippen LogP contribution < -0.4 is 10.2 Å². The Balaban J connectivity index is 1.23. The molecule has 2 heterocycles. The topological polar surface area (TPSA) is 70.5 Å². The van der Waals surface area contributed by atoms with Gasteiger partial charge in [0.1, 0.15) is 5.82 Å². The summed E-state index contributed by atoms with van der Waals surface area (Å²) in [6.07, 6.45) is 2.09. The maximum atomic E-state index is 13.8. The van der Waals surface area contributed by atoms with Crippen molar-refractivity contribution >= 4 is 23.2 Å². The number of aryl methyl sites for hydroxylation is 2. The molecule has 1 aromatic heterocycles. The van der Waals surface area contributed by atoms with Crippen LogP contribution in [0.4, 0.5) is 15.8 Å². The highest BCUT2D eigenvalue weighted by atomic mass is 19.1. The third-order valence-electron chi connectivity index (χ3n) is 6.77. The quantitative estimate of drug-likeness (QED) is 0.585. The molecule has 8 heteroatoms. The molecular formula is C27H30FN5O2. The van der Waals surface area contributed by atoms with Gasteiger partial charge in [-0.3, -0.25) is 14.3 Å². The second-order valence-corrected chi connectivity index (χ2v) is 9.50. The lowest BCUT2D eigenvalue weighted by atomic mass is 10.1. The molecule has 0 bridgehead atoms. The van der Waals surface area contributed by atoms with Gasteiger partial charge in [-0.2, -0.15) is 5.10 Å². The number of nitrogens with zero attached hydrogens (tertiary/aromatic N) is 4. The summed E-state index contributed by atoms with van der Waals surface area (Å²) in [5, 5.41) is 7.20. The van der Waals surface area contributed by atoms with E-state index in [-0.39, 0.29) is 23.3 Å². The van der Waals surface area contributed by atoms with Crippen LogP contribution in [0.2, 0.25) is 0 Å². The molecule has 2 amide bonds. The highest BCUT2D eigenvalue weighted by Gasteiger charge is 2.34. The van der Waals surface area contributed by atoms with Gasteiger partial charge in [-0.1, -0.05) is 18.2 Å². The standard InChI is InChI=1S/C27H30FN5O2/c1-18-6-9-22(16-24(18)28)29-26(34)25-14-19(2)33(30-25)17-20-4-3-5-23(15-20)31-10-12-32(13-11-31)27(35)21-7-8-21/h3-6,9,14-16,21H,7-8,10-13,17H2,1-2H3,(H,29,34). The van der Waals surface area contributed by atoms with E-state index in [0.717, 1.165) is 56.0 Å². The fourth-order valence-electron chi connectivity index (χ4n) is 4.44. The number of carbonyl (C=O) groups excluding carboxylic acids is 2. The molecule has 0 unspecified atom stereocenters. The number of piperazine rings is 1. The first-order chi connectivity index (χ1) is 16.9. The van der Waals surface area contributed by atoms with E-state index in [1.165, 1.54) is 6.07 Å². The van der Waals surface area contributed by atoms with E-state index >= 15 is 0 Å². The Kier molecular flexibility index (Phi) is 6.28. The van der Waals surface area contributed by atoms with Crippen LogP contribution >= 0.6 is 0 Å². The number of carbonyl (C=O) groups is 2. The lowest BCUT2D eigenvalue weighted by Gasteiger charge is -2.36. The average molecular weight is 476 g/mol. The van der Waals surface area contributed by atoms with Crippen molar-refractivity contribution in [3.05, 3.63) is 76.9 Å². The Morgan fingerprint density at radius 1 is 1.03 bits per heavy atom. The summed E-state index contributed by atoms with van der Waals surface area (Å²) in [5.74, 6) is -0.144. The number of anilines is 2. The summed E-state index contributed by atoms with van der Waals surface area (Å²) in [6, 6.07) is 14.7. The normalized spacial score (nSPS) is 15.9. The van der Waals surface area contributed by atoms with Crippen LogP contribution in [-0.4, -0.2) is 52.7 Å². The smallest absolute Gasteiger partial charge is 0.276 e. The van der Waals surface area contributed by atoms with Crippen molar-refractivity contribution < 1.29 is 14.0 Å². The van der Waals surface area contributed by atoms with Crippen LogP contribution in [0.15, 0.2) is 48.5 Å². The number of hydrogen-bond donors (Lipinski definition) is 1. The van der Waals surface area contributed by atoms with Crippen molar-refractivity contribution in [1.82, 2.24) is 14.7 Å². The van der Waals surface area contributed by atoms with Crippen LogP contribution in [0.5, 0.6) is 0 Å². The van der Waals surface area contributed by atoms with E-state index in [0.29, 0.717) is 23.7 Å². The lowest BCUT2D eigenvalue weighted by Crippen LogP contribution is -2.49. The average Bonchev–Trinajstić information content (AvgIpc) is 3.65. The maximum Gasteiger partial charge on any atom is 0.276 e. The molecule has 1 saturated carbocycles. The van der Waals surface area contributed by atoms with E-state index in [1.807, 2.05) is 24.0 Å². The van der Waals surface area contributed by atoms with Crippen molar-refractivity contribution in [2.45, 2.75) is 33.2 Å². The summed E-state index contributed by atoms with van der Waals surface area (Å²) in [7, 11) is 0. The molecule has 2 fully saturated rings. The maximum absolute atomic E-state index is 13.8. The second kappa shape index (κ2) is 9.52. The first kappa shape index (κ1) is 23.1. The summed E-state index contributed by atoms with van der Waals surface area (Å²) in [4.78, 5) is 29.3. The molecule has 35 heavy (non-hydrogen) atoms. The number of hydrogen-bond acceptors (Lipinski definition) is 4. The zero-order valence-electron chi connectivity index (χ0n) is 20.1. The Morgan fingerprint density at radius 3 is 2.51 bits per heavy atom. The van der Waals surface area contributed by atoms with Crippen LogP contribution in [0, 0.1) is 25.6 Å². The molecule has 1 N–H and O–H groups in total. The predicted molar refractivity (Wildman–Crippen MR) is 133 cm³/mol. The van der Waals surface area contributed by atoms with Gasteiger partial charge in [0.25, 0.3) is 5.91 Å². The number of amides is 2. The highest BCUT2D eigenvalue weighted by Crippen LogP contribution is 2.31. The fraction of sp³-hybridized carbons (Fsp3) is 0.370. The first-order valence-corrected chi connectivity index (χ1v) is 12.1. The molecule has 3 aromatic rings. The van der Waals surface area contributed by atoms with Crippen LogP contribution in [0.3, 0.4) is 0 Å². The van der Waals surface area contributed by atoms with Gasteiger partial charge in [0.15, 0.2) is 5.69 Å². The Labute approximate surface area is 204 Å². The molecule has 1 saturated heterocycles. The number of rotatable bonds is 6. The number of nitrogens with one attached hydrogen (secondary N) is 1. The molecule has 182 valence electrons. The summed E-state index contributed by atoms with van der Waals surface area (Å²) in [5.41, 5.74) is 4.29. The van der Waals surface area contributed by atoms with E-state index in [1.54, 1.807) is 29.8 Å². The fourth-order valence-corrected chi connectivity index (χ4v) is 4.44. The minimum atomic E-state index is -0.373. The van der Waals surface area contributed by atoms with Crippen molar-refractivity contribution in [1.29, 1.82) is 0 Å². The minimum Gasteiger partial charge on any atom is -0.368 e. The van der Waals surface area contributed by atoms with Gasteiger partial charge in [0.05, 0.1) is 6.54 Å². The molecule has 1 aliphatic heterocycles. The van der Waals surface area contributed by atoms with E-state index in [9.17, 15) is 14.0 Å². The molecule has 0 radical (unpaired) electrons. The highest BCUT2D eigenvalue weighted by molar-refractivity contribution is 6.02. The molecule has 1 aliphatic carbocycles.